The van der Waals surface area contributed by atoms with Crippen molar-refractivity contribution in [1.29, 1.82) is 0 Å². The number of anilines is 1. The summed E-state index contributed by atoms with van der Waals surface area (Å²) in [4.78, 5) is 16.5. The monoisotopic (exact) mass is 348 g/mol. The number of ether oxygens (including phenoxy) is 1. The van der Waals surface area contributed by atoms with Crippen molar-refractivity contribution in [2.75, 3.05) is 5.32 Å². The molecule has 1 heterocycles. The second-order valence-electron chi connectivity index (χ2n) is 4.94. The van der Waals surface area contributed by atoms with Crippen molar-refractivity contribution < 1.29 is 9.53 Å². The third-order valence-corrected chi connectivity index (χ3v) is 3.68. The fraction of sp³-hybridized carbons (Fsp3) is 0.250. The fourth-order valence-corrected chi connectivity index (χ4v) is 2.03. The van der Waals surface area contributed by atoms with Gasteiger partial charge in [0.2, 0.25) is 5.88 Å². The van der Waals surface area contributed by atoms with E-state index in [0.29, 0.717) is 17.1 Å². The van der Waals surface area contributed by atoms with Crippen LogP contribution in [0.15, 0.2) is 41.0 Å². The van der Waals surface area contributed by atoms with Crippen molar-refractivity contribution in [3.05, 3.63) is 52.1 Å². The molecule has 0 aliphatic heterocycles. The summed E-state index contributed by atoms with van der Waals surface area (Å²) in [5, 5.41) is 2.84. The SMILES string of the molecule is Cc1cc(C(=O)Nc2cccnc2OC(C)C)ccc1Br. The second kappa shape index (κ2) is 6.72. The number of halogens is 1. The van der Waals surface area contributed by atoms with E-state index in [4.69, 9.17) is 4.74 Å². The van der Waals surface area contributed by atoms with Crippen LogP contribution in [0.2, 0.25) is 0 Å². The normalized spacial score (nSPS) is 10.5. The Morgan fingerprint density at radius 3 is 2.76 bits per heavy atom. The highest BCUT2D eigenvalue weighted by Gasteiger charge is 2.12. The van der Waals surface area contributed by atoms with Gasteiger partial charge in [-0.15, -0.1) is 0 Å². The molecule has 1 aromatic carbocycles. The predicted molar refractivity (Wildman–Crippen MR) is 86.8 cm³/mol. The highest BCUT2D eigenvalue weighted by Crippen LogP contribution is 2.23. The van der Waals surface area contributed by atoms with Gasteiger partial charge in [-0.2, -0.15) is 0 Å². The van der Waals surface area contributed by atoms with Crippen LogP contribution in [0, 0.1) is 6.92 Å². The number of hydrogen-bond donors (Lipinski definition) is 1. The first-order chi connectivity index (χ1) is 9.97. The Labute approximate surface area is 132 Å². The van der Waals surface area contributed by atoms with Gasteiger partial charge in [0.1, 0.15) is 5.69 Å². The van der Waals surface area contributed by atoms with E-state index in [9.17, 15) is 4.79 Å². The van der Waals surface area contributed by atoms with Crippen molar-refractivity contribution in [1.82, 2.24) is 4.98 Å². The summed E-state index contributed by atoms with van der Waals surface area (Å²) in [6.07, 6.45) is 1.63. The Morgan fingerprint density at radius 1 is 1.33 bits per heavy atom. The molecule has 0 radical (unpaired) electrons. The maximum Gasteiger partial charge on any atom is 0.255 e. The van der Waals surface area contributed by atoms with E-state index in [2.05, 4.69) is 26.2 Å². The van der Waals surface area contributed by atoms with Gasteiger partial charge < -0.3 is 10.1 Å². The number of benzene rings is 1. The van der Waals surface area contributed by atoms with Crippen LogP contribution in [0.25, 0.3) is 0 Å². The van der Waals surface area contributed by atoms with Gasteiger partial charge in [-0.1, -0.05) is 15.9 Å². The summed E-state index contributed by atoms with van der Waals surface area (Å²) in [7, 11) is 0. The van der Waals surface area contributed by atoms with Gasteiger partial charge in [0.15, 0.2) is 0 Å². The zero-order valence-electron chi connectivity index (χ0n) is 12.2. The standard InChI is InChI=1S/C16H17BrN2O2/c1-10(2)21-16-14(5-4-8-18-16)19-15(20)12-6-7-13(17)11(3)9-12/h4-10H,1-3H3,(H,19,20). The van der Waals surface area contributed by atoms with Crippen LogP contribution in [0.4, 0.5) is 5.69 Å². The van der Waals surface area contributed by atoms with E-state index in [1.54, 1.807) is 24.4 Å². The van der Waals surface area contributed by atoms with Crippen LogP contribution in [-0.4, -0.2) is 17.0 Å². The van der Waals surface area contributed by atoms with Gasteiger partial charge in [0.25, 0.3) is 5.91 Å². The molecule has 0 spiro atoms. The smallest absolute Gasteiger partial charge is 0.255 e. The minimum absolute atomic E-state index is 0.00882. The Bertz CT molecular complexity index is 656. The Hall–Kier alpha value is -1.88. The van der Waals surface area contributed by atoms with Crippen LogP contribution in [0.1, 0.15) is 29.8 Å². The molecule has 4 nitrogen and oxygen atoms in total. The van der Waals surface area contributed by atoms with Gasteiger partial charge in [-0.3, -0.25) is 4.79 Å². The summed E-state index contributed by atoms with van der Waals surface area (Å²) in [5.74, 6) is 0.238. The van der Waals surface area contributed by atoms with E-state index < -0.39 is 0 Å². The van der Waals surface area contributed by atoms with Crippen LogP contribution in [0.5, 0.6) is 5.88 Å². The van der Waals surface area contributed by atoms with E-state index in [0.717, 1.165) is 10.0 Å². The summed E-state index contributed by atoms with van der Waals surface area (Å²) in [6, 6.07) is 8.99. The molecule has 0 saturated carbocycles. The molecule has 2 rings (SSSR count). The first-order valence-electron chi connectivity index (χ1n) is 6.66. The number of pyridine rings is 1. The van der Waals surface area contributed by atoms with Crippen LogP contribution < -0.4 is 10.1 Å². The second-order valence-corrected chi connectivity index (χ2v) is 5.80. The molecule has 110 valence electrons. The molecule has 5 heteroatoms. The topological polar surface area (TPSA) is 51.2 Å². The zero-order chi connectivity index (χ0) is 15.4. The molecule has 1 N–H and O–H groups in total. The van der Waals surface area contributed by atoms with Gasteiger partial charge >= 0.3 is 0 Å². The summed E-state index contributed by atoms with van der Waals surface area (Å²) in [5.41, 5.74) is 2.17. The maximum atomic E-state index is 12.3. The zero-order valence-corrected chi connectivity index (χ0v) is 13.8. The quantitative estimate of drug-likeness (QED) is 0.900. The lowest BCUT2D eigenvalue weighted by molar-refractivity contribution is 0.102. The number of hydrogen-bond acceptors (Lipinski definition) is 3. The molecule has 0 saturated heterocycles. The third-order valence-electron chi connectivity index (χ3n) is 2.79. The number of amides is 1. The van der Waals surface area contributed by atoms with Gasteiger partial charge in [-0.25, -0.2) is 4.98 Å². The predicted octanol–water partition coefficient (Wildman–Crippen LogP) is 4.19. The summed E-state index contributed by atoms with van der Waals surface area (Å²) in [6.45, 7) is 5.77. The summed E-state index contributed by atoms with van der Waals surface area (Å²) >= 11 is 3.42. The number of carbonyl (C=O) groups is 1. The van der Waals surface area contributed by atoms with Crippen LogP contribution in [-0.2, 0) is 0 Å². The largest absolute Gasteiger partial charge is 0.473 e. The minimum atomic E-state index is -0.188. The minimum Gasteiger partial charge on any atom is -0.473 e. The molecule has 0 atom stereocenters. The van der Waals surface area contributed by atoms with Gasteiger partial charge in [-0.05, 0) is 56.7 Å². The molecule has 1 aromatic heterocycles. The number of nitrogens with one attached hydrogen (secondary N) is 1. The van der Waals surface area contributed by atoms with E-state index in [1.165, 1.54) is 0 Å². The molecule has 2 aromatic rings. The molecular weight excluding hydrogens is 332 g/mol. The van der Waals surface area contributed by atoms with Crippen molar-refractivity contribution in [2.45, 2.75) is 26.9 Å². The molecule has 0 unspecified atom stereocenters. The molecular formula is C16H17BrN2O2. The number of nitrogens with zero attached hydrogens (tertiary/aromatic N) is 1. The third kappa shape index (κ3) is 4.04. The molecule has 0 fully saturated rings. The lowest BCUT2D eigenvalue weighted by Crippen LogP contribution is -2.15. The molecule has 0 aliphatic rings. The van der Waals surface area contributed by atoms with E-state index in [-0.39, 0.29) is 12.0 Å². The average molecular weight is 349 g/mol. The summed E-state index contributed by atoms with van der Waals surface area (Å²) < 4.78 is 6.57. The van der Waals surface area contributed by atoms with Crippen molar-refractivity contribution >= 4 is 27.5 Å². The number of aryl methyl sites for hydroxylation is 1. The lowest BCUT2D eigenvalue weighted by Gasteiger charge is -2.13. The van der Waals surface area contributed by atoms with Gasteiger partial charge in [0.05, 0.1) is 6.10 Å². The van der Waals surface area contributed by atoms with Crippen molar-refractivity contribution in [3.8, 4) is 5.88 Å². The Morgan fingerprint density at radius 2 is 2.10 bits per heavy atom. The molecule has 0 aliphatic carbocycles. The van der Waals surface area contributed by atoms with Crippen molar-refractivity contribution in [2.24, 2.45) is 0 Å². The highest BCUT2D eigenvalue weighted by molar-refractivity contribution is 9.10. The van der Waals surface area contributed by atoms with Gasteiger partial charge in [0, 0.05) is 16.2 Å². The lowest BCUT2D eigenvalue weighted by atomic mass is 10.1. The Kier molecular flexibility index (Phi) is 4.96. The number of aromatic nitrogens is 1. The maximum absolute atomic E-state index is 12.3. The van der Waals surface area contributed by atoms with Crippen LogP contribution in [0.3, 0.4) is 0 Å². The van der Waals surface area contributed by atoms with Crippen molar-refractivity contribution in [3.63, 3.8) is 0 Å². The van der Waals surface area contributed by atoms with E-state index >= 15 is 0 Å². The first kappa shape index (κ1) is 15.5. The molecule has 1 amide bonds. The fourth-order valence-electron chi connectivity index (χ4n) is 1.78. The first-order valence-corrected chi connectivity index (χ1v) is 7.46. The Balaban J connectivity index is 2.21. The number of carbonyl (C=O) groups excluding carboxylic acids is 1. The van der Waals surface area contributed by atoms with E-state index in [1.807, 2.05) is 32.9 Å². The van der Waals surface area contributed by atoms with Crippen LogP contribution >= 0.6 is 15.9 Å². The average Bonchev–Trinajstić information content (AvgIpc) is 2.43. The highest BCUT2D eigenvalue weighted by atomic mass is 79.9. The number of rotatable bonds is 4. The molecule has 0 bridgehead atoms. The molecule has 21 heavy (non-hydrogen) atoms.